The lowest BCUT2D eigenvalue weighted by Gasteiger charge is -2.71. The van der Waals surface area contributed by atoms with Gasteiger partial charge in [-0.1, -0.05) is 34.3 Å². The van der Waals surface area contributed by atoms with Crippen molar-refractivity contribution in [3.63, 3.8) is 0 Å². The van der Waals surface area contributed by atoms with Crippen LogP contribution in [0.5, 0.6) is 0 Å². The van der Waals surface area contributed by atoms with Crippen LogP contribution in [0.2, 0.25) is 0 Å². The molecule has 5 aliphatic rings. The molecule has 2 bridgehead atoms. The number of aliphatic hydroxyl groups is 1. The Morgan fingerprint density at radius 3 is 2.62 bits per heavy atom. The molecule has 3 heterocycles. The van der Waals surface area contributed by atoms with Crippen LogP contribution in [0.15, 0.2) is 12.2 Å². The molecule has 7 nitrogen and oxygen atoms in total. The first-order chi connectivity index (χ1) is 15.9. The molecular weight excluding hydrogens is 436 g/mol. The van der Waals surface area contributed by atoms with Crippen LogP contribution in [0.3, 0.4) is 0 Å². The van der Waals surface area contributed by atoms with Crippen LogP contribution >= 0.6 is 0 Å². The van der Waals surface area contributed by atoms with Gasteiger partial charge in [0.1, 0.15) is 11.7 Å². The van der Waals surface area contributed by atoms with E-state index in [9.17, 15) is 14.7 Å². The first-order valence-corrected chi connectivity index (χ1v) is 12.8. The fourth-order valence-electron chi connectivity index (χ4n) is 8.66. The Labute approximate surface area is 202 Å². The molecule has 0 aromatic carbocycles. The Kier molecular flexibility index (Phi) is 5.55. The summed E-state index contributed by atoms with van der Waals surface area (Å²) in [5.74, 6) is -0.453. The SMILES string of the molecule is C=C1C2CC[C@@]3(C)[C@H](C4CCOC4)OC(=O)C[C@]13O[C@H]1CC(O)C(C)(C)C(CC(=O)OC)[C@@]21C. The van der Waals surface area contributed by atoms with Crippen LogP contribution in [-0.4, -0.2) is 61.3 Å². The van der Waals surface area contributed by atoms with Crippen molar-refractivity contribution in [2.24, 2.45) is 34.0 Å². The van der Waals surface area contributed by atoms with Gasteiger partial charge in [-0.25, -0.2) is 0 Å². The van der Waals surface area contributed by atoms with Gasteiger partial charge in [-0.2, -0.15) is 0 Å². The summed E-state index contributed by atoms with van der Waals surface area (Å²) < 4.78 is 23.9. The van der Waals surface area contributed by atoms with Crippen molar-refractivity contribution in [1.82, 2.24) is 0 Å². The zero-order valence-electron chi connectivity index (χ0n) is 21.2. The summed E-state index contributed by atoms with van der Waals surface area (Å²) in [4.78, 5) is 25.5. The third-order valence-electron chi connectivity index (χ3n) is 10.8. The molecule has 7 heteroatoms. The van der Waals surface area contributed by atoms with Gasteiger partial charge >= 0.3 is 11.9 Å². The lowest BCUT2D eigenvalue weighted by molar-refractivity contribution is -0.316. The summed E-state index contributed by atoms with van der Waals surface area (Å²) in [5.41, 5.74) is -1.19. The number of ether oxygens (including phenoxy) is 4. The molecule has 2 saturated carbocycles. The minimum Gasteiger partial charge on any atom is -0.469 e. The zero-order valence-corrected chi connectivity index (χ0v) is 21.2. The van der Waals surface area contributed by atoms with Gasteiger partial charge in [0, 0.05) is 36.2 Å². The van der Waals surface area contributed by atoms with Crippen molar-refractivity contribution < 1.29 is 33.6 Å². The van der Waals surface area contributed by atoms with Crippen LogP contribution in [0.4, 0.5) is 0 Å². The van der Waals surface area contributed by atoms with Crippen LogP contribution in [-0.2, 0) is 28.5 Å². The number of fused-ring (bicyclic) bond motifs is 3. The van der Waals surface area contributed by atoms with Crippen molar-refractivity contribution in [1.29, 1.82) is 0 Å². The third-order valence-corrected chi connectivity index (χ3v) is 10.8. The summed E-state index contributed by atoms with van der Waals surface area (Å²) in [7, 11) is 1.41. The third kappa shape index (κ3) is 2.99. The highest BCUT2D eigenvalue weighted by atomic mass is 16.6. The standard InChI is InChI=1S/C27H40O7/c1-15-17-7-9-25(4)23(16-8-10-32-14-16)33-22(30)13-27(15,25)34-20-12-19(28)24(2,3)18(26(17,20)5)11-21(29)31-6/h16-20,23,28H,1,7-14H2,2-6H3/t16?,17?,18?,19?,20-,23-,25-,26+,27-/m0/s1. The molecule has 5 fully saturated rings. The molecule has 34 heavy (non-hydrogen) atoms. The van der Waals surface area contributed by atoms with Gasteiger partial charge in [-0.15, -0.1) is 0 Å². The molecular formula is C27H40O7. The topological polar surface area (TPSA) is 91.3 Å². The highest BCUT2D eigenvalue weighted by Gasteiger charge is 2.73. The molecule has 190 valence electrons. The van der Waals surface area contributed by atoms with Gasteiger partial charge in [0.15, 0.2) is 0 Å². The van der Waals surface area contributed by atoms with E-state index in [1.54, 1.807) is 0 Å². The fraction of sp³-hybridized carbons (Fsp3) is 0.852. The van der Waals surface area contributed by atoms with Crippen molar-refractivity contribution in [2.45, 2.75) is 90.1 Å². The molecule has 1 N–H and O–H groups in total. The van der Waals surface area contributed by atoms with Crippen molar-refractivity contribution in [2.75, 3.05) is 20.3 Å². The first kappa shape index (κ1) is 24.3. The quantitative estimate of drug-likeness (QED) is 0.493. The zero-order chi connectivity index (χ0) is 24.7. The number of aliphatic hydroxyl groups excluding tert-OH is 1. The van der Waals surface area contributed by atoms with Gasteiger partial charge in [-0.05, 0) is 42.1 Å². The fourth-order valence-corrected chi connectivity index (χ4v) is 8.66. The molecule has 0 radical (unpaired) electrons. The average molecular weight is 477 g/mol. The van der Waals surface area contributed by atoms with E-state index in [0.717, 1.165) is 24.8 Å². The van der Waals surface area contributed by atoms with Crippen molar-refractivity contribution in [3.05, 3.63) is 12.2 Å². The van der Waals surface area contributed by atoms with Gasteiger partial charge in [-0.3, -0.25) is 9.59 Å². The van der Waals surface area contributed by atoms with Crippen LogP contribution in [0.25, 0.3) is 0 Å². The van der Waals surface area contributed by atoms with Gasteiger partial charge in [0.2, 0.25) is 0 Å². The molecule has 0 amide bonds. The molecule has 3 saturated heterocycles. The Morgan fingerprint density at radius 2 is 1.97 bits per heavy atom. The maximum atomic E-state index is 13.0. The normalized spacial score (nSPS) is 49.6. The smallest absolute Gasteiger partial charge is 0.309 e. The molecule has 0 aromatic rings. The Balaban J connectivity index is 1.59. The number of carbonyl (C=O) groups is 2. The van der Waals surface area contributed by atoms with E-state index in [0.29, 0.717) is 19.6 Å². The van der Waals surface area contributed by atoms with E-state index in [1.165, 1.54) is 7.11 Å². The largest absolute Gasteiger partial charge is 0.469 e. The summed E-state index contributed by atoms with van der Waals surface area (Å²) >= 11 is 0. The molecule has 3 aliphatic heterocycles. The number of hydrogen-bond acceptors (Lipinski definition) is 7. The lowest BCUT2D eigenvalue weighted by atomic mass is 9.41. The van der Waals surface area contributed by atoms with Gasteiger partial charge in [0.25, 0.3) is 0 Å². The summed E-state index contributed by atoms with van der Waals surface area (Å²) in [6, 6.07) is 0. The first-order valence-electron chi connectivity index (χ1n) is 12.8. The summed E-state index contributed by atoms with van der Waals surface area (Å²) in [6.45, 7) is 14.4. The number of hydrogen-bond donors (Lipinski definition) is 1. The van der Waals surface area contributed by atoms with Gasteiger partial charge < -0.3 is 24.1 Å². The van der Waals surface area contributed by atoms with Crippen molar-refractivity contribution >= 4 is 11.9 Å². The molecule has 0 aromatic heterocycles. The number of cyclic esters (lactones) is 1. The second kappa shape index (κ2) is 7.78. The predicted octanol–water partition coefficient (Wildman–Crippen LogP) is 3.42. The van der Waals surface area contributed by atoms with E-state index in [-0.39, 0.29) is 54.7 Å². The summed E-state index contributed by atoms with van der Waals surface area (Å²) in [5, 5.41) is 11.2. The molecule has 9 atom stereocenters. The Hall–Kier alpha value is -1.44. The maximum Gasteiger partial charge on any atom is 0.309 e. The highest BCUT2D eigenvalue weighted by molar-refractivity contribution is 5.74. The van der Waals surface area contributed by atoms with E-state index in [4.69, 9.17) is 18.9 Å². The van der Waals surface area contributed by atoms with E-state index in [2.05, 4.69) is 20.4 Å². The average Bonchev–Trinajstić information content (AvgIpc) is 3.30. The minimum atomic E-state index is -0.834. The number of rotatable bonds is 3. The molecule has 5 rings (SSSR count). The highest BCUT2D eigenvalue weighted by Crippen LogP contribution is 2.71. The second-order valence-corrected chi connectivity index (χ2v) is 12.5. The molecule has 1 spiro atoms. The molecule has 2 aliphatic carbocycles. The second-order valence-electron chi connectivity index (χ2n) is 12.5. The number of esters is 2. The van der Waals surface area contributed by atoms with Crippen molar-refractivity contribution in [3.8, 4) is 0 Å². The Morgan fingerprint density at radius 1 is 1.24 bits per heavy atom. The monoisotopic (exact) mass is 476 g/mol. The number of methoxy groups -OCH3 is 1. The molecule has 4 unspecified atom stereocenters. The predicted molar refractivity (Wildman–Crippen MR) is 124 cm³/mol. The minimum absolute atomic E-state index is 0.0761. The summed E-state index contributed by atoms with van der Waals surface area (Å²) in [6.07, 6.45) is 2.22. The Bertz CT molecular complexity index is 891. The van der Waals surface area contributed by atoms with Crippen LogP contribution in [0, 0.1) is 34.0 Å². The number of carbonyl (C=O) groups excluding carboxylic acids is 2. The van der Waals surface area contributed by atoms with Crippen LogP contribution < -0.4 is 0 Å². The lowest BCUT2D eigenvalue weighted by Crippen LogP contribution is -2.74. The van der Waals surface area contributed by atoms with Gasteiger partial charge in [0.05, 0.1) is 32.3 Å². The van der Waals surface area contributed by atoms with E-state index < -0.39 is 27.9 Å². The van der Waals surface area contributed by atoms with Crippen LogP contribution in [0.1, 0.15) is 66.2 Å². The van der Waals surface area contributed by atoms with E-state index in [1.807, 2.05) is 13.8 Å². The maximum absolute atomic E-state index is 13.0. The van der Waals surface area contributed by atoms with E-state index >= 15 is 0 Å².